The van der Waals surface area contributed by atoms with Gasteiger partial charge in [-0.05, 0) is 41.0 Å². The fourth-order valence-corrected chi connectivity index (χ4v) is 3.76. The smallest absolute Gasteiger partial charge is 0.247 e. The Hall–Kier alpha value is -3.87. The second kappa shape index (κ2) is 10.2. The van der Waals surface area contributed by atoms with Crippen LogP contribution in [0.3, 0.4) is 0 Å². The molecule has 0 radical (unpaired) electrons. The van der Waals surface area contributed by atoms with Crippen LogP contribution in [0.1, 0.15) is 36.1 Å². The summed E-state index contributed by atoms with van der Waals surface area (Å²) in [4.78, 5) is 27.9. The van der Waals surface area contributed by atoms with Gasteiger partial charge in [-0.15, -0.1) is 0 Å². The summed E-state index contributed by atoms with van der Waals surface area (Å²) in [6, 6.07) is 19.8. The van der Waals surface area contributed by atoms with E-state index in [9.17, 15) is 14.0 Å². The second-order valence-electron chi connectivity index (χ2n) is 7.72. The van der Waals surface area contributed by atoms with Gasteiger partial charge in [-0.1, -0.05) is 55.5 Å². The average Bonchev–Trinajstić information content (AvgIpc) is 3.32. The van der Waals surface area contributed by atoms with E-state index in [0.717, 1.165) is 11.1 Å². The maximum atomic E-state index is 13.4. The lowest BCUT2D eigenvalue weighted by atomic mass is 10.0. The Bertz CT molecular complexity index is 1120. The summed E-state index contributed by atoms with van der Waals surface area (Å²) in [6.45, 7) is 2.39. The van der Waals surface area contributed by atoms with Crippen LogP contribution >= 0.6 is 0 Å². The van der Waals surface area contributed by atoms with Crippen LogP contribution in [-0.2, 0) is 22.7 Å². The van der Waals surface area contributed by atoms with Crippen molar-refractivity contribution in [1.29, 1.82) is 0 Å². The van der Waals surface area contributed by atoms with E-state index in [-0.39, 0.29) is 43.9 Å². The quantitative estimate of drug-likeness (QED) is 0.556. The highest BCUT2D eigenvalue weighted by atomic mass is 19.1. The highest BCUT2D eigenvalue weighted by Crippen LogP contribution is 2.32. The van der Waals surface area contributed by atoms with Crippen molar-refractivity contribution in [2.75, 3.05) is 6.79 Å². The van der Waals surface area contributed by atoms with Crippen LogP contribution < -0.4 is 14.8 Å². The fraction of sp³-hybridized carbons (Fsp3) is 0.231. The molecule has 0 saturated carbocycles. The highest BCUT2D eigenvalue weighted by molar-refractivity contribution is 5.88. The molecule has 33 heavy (non-hydrogen) atoms. The van der Waals surface area contributed by atoms with Crippen LogP contribution in [0.2, 0.25) is 0 Å². The third-order valence-corrected chi connectivity index (χ3v) is 5.47. The third kappa shape index (κ3) is 5.31. The van der Waals surface area contributed by atoms with Crippen LogP contribution in [0.25, 0.3) is 0 Å². The molecule has 0 spiro atoms. The molecule has 0 fully saturated rings. The number of carbonyl (C=O) groups is 2. The molecule has 1 N–H and O–H groups in total. The number of ether oxygens (including phenoxy) is 2. The Morgan fingerprint density at radius 3 is 2.39 bits per heavy atom. The van der Waals surface area contributed by atoms with E-state index in [1.165, 1.54) is 17.0 Å². The van der Waals surface area contributed by atoms with Gasteiger partial charge >= 0.3 is 0 Å². The van der Waals surface area contributed by atoms with Gasteiger partial charge in [-0.2, -0.15) is 0 Å². The summed E-state index contributed by atoms with van der Waals surface area (Å²) in [5.41, 5.74) is 2.29. The molecule has 1 aliphatic rings. The fourth-order valence-electron chi connectivity index (χ4n) is 3.76. The Morgan fingerprint density at radius 2 is 1.67 bits per heavy atom. The SMILES string of the molecule is CCC(=O)N(Cc1ccc(F)cc1)C(C(=O)NCc1ccc2c(c1)OCO2)c1ccccc1. The molecule has 1 unspecified atom stereocenters. The molecule has 2 amide bonds. The lowest BCUT2D eigenvalue weighted by Crippen LogP contribution is -2.43. The summed E-state index contributed by atoms with van der Waals surface area (Å²) < 4.78 is 24.1. The van der Waals surface area contributed by atoms with E-state index < -0.39 is 6.04 Å². The minimum atomic E-state index is -0.835. The molecule has 0 bridgehead atoms. The van der Waals surface area contributed by atoms with Crippen LogP contribution in [-0.4, -0.2) is 23.5 Å². The number of rotatable bonds is 8. The standard InChI is InChI=1S/C26H25FN2O4/c1-2-24(30)29(16-18-8-11-21(27)12-9-18)25(20-6-4-3-5-7-20)26(31)28-15-19-10-13-22-23(14-19)33-17-32-22/h3-14,25H,2,15-17H2,1H3,(H,28,31). The normalized spacial score (nSPS) is 12.8. The Labute approximate surface area is 191 Å². The molecule has 3 aromatic carbocycles. The Morgan fingerprint density at radius 1 is 0.970 bits per heavy atom. The van der Waals surface area contributed by atoms with Crippen molar-refractivity contribution in [2.24, 2.45) is 0 Å². The van der Waals surface area contributed by atoms with E-state index >= 15 is 0 Å². The van der Waals surface area contributed by atoms with Crippen LogP contribution in [0.15, 0.2) is 72.8 Å². The van der Waals surface area contributed by atoms with E-state index in [1.807, 2.05) is 42.5 Å². The highest BCUT2D eigenvalue weighted by Gasteiger charge is 2.30. The number of halogens is 1. The molecule has 7 heteroatoms. The van der Waals surface area contributed by atoms with Gasteiger partial charge in [-0.3, -0.25) is 9.59 Å². The number of benzene rings is 3. The van der Waals surface area contributed by atoms with Crippen LogP contribution in [0, 0.1) is 5.82 Å². The molecule has 0 aliphatic carbocycles. The van der Waals surface area contributed by atoms with Gasteiger partial charge in [0.05, 0.1) is 0 Å². The number of nitrogens with one attached hydrogen (secondary N) is 1. The lowest BCUT2D eigenvalue weighted by molar-refractivity contribution is -0.141. The zero-order chi connectivity index (χ0) is 23.2. The average molecular weight is 448 g/mol. The number of fused-ring (bicyclic) bond motifs is 1. The zero-order valence-electron chi connectivity index (χ0n) is 18.3. The summed E-state index contributed by atoms with van der Waals surface area (Å²) in [5.74, 6) is 0.481. The lowest BCUT2D eigenvalue weighted by Gasteiger charge is -2.31. The van der Waals surface area contributed by atoms with Crippen molar-refractivity contribution in [2.45, 2.75) is 32.5 Å². The van der Waals surface area contributed by atoms with Crippen molar-refractivity contribution in [3.05, 3.63) is 95.3 Å². The van der Waals surface area contributed by atoms with Crippen molar-refractivity contribution < 1.29 is 23.5 Å². The summed E-state index contributed by atoms with van der Waals surface area (Å²) in [7, 11) is 0. The molecule has 4 rings (SSSR count). The predicted octanol–water partition coefficient (Wildman–Crippen LogP) is 4.35. The summed E-state index contributed by atoms with van der Waals surface area (Å²) in [6.07, 6.45) is 0.236. The minimum Gasteiger partial charge on any atom is -0.454 e. The van der Waals surface area contributed by atoms with E-state index in [1.54, 1.807) is 25.1 Å². The minimum absolute atomic E-state index is 0.175. The summed E-state index contributed by atoms with van der Waals surface area (Å²) >= 11 is 0. The molecule has 3 aromatic rings. The molecule has 0 saturated heterocycles. The van der Waals surface area contributed by atoms with E-state index in [2.05, 4.69) is 5.32 Å². The molecule has 0 aromatic heterocycles. The van der Waals surface area contributed by atoms with E-state index in [0.29, 0.717) is 17.1 Å². The Balaban J connectivity index is 1.58. The molecule has 1 heterocycles. The molecular formula is C26H25FN2O4. The van der Waals surface area contributed by atoms with Crippen molar-refractivity contribution in [1.82, 2.24) is 10.2 Å². The first-order chi connectivity index (χ1) is 16.0. The monoisotopic (exact) mass is 448 g/mol. The second-order valence-corrected chi connectivity index (χ2v) is 7.72. The van der Waals surface area contributed by atoms with Crippen molar-refractivity contribution in [3.8, 4) is 11.5 Å². The van der Waals surface area contributed by atoms with Gasteiger partial charge in [0.1, 0.15) is 11.9 Å². The topological polar surface area (TPSA) is 67.9 Å². The maximum absolute atomic E-state index is 13.4. The largest absolute Gasteiger partial charge is 0.454 e. The van der Waals surface area contributed by atoms with Gasteiger partial charge in [0.15, 0.2) is 11.5 Å². The number of hydrogen-bond acceptors (Lipinski definition) is 4. The first-order valence-electron chi connectivity index (χ1n) is 10.8. The molecule has 170 valence electrons. The van der Waals surface area contributed by atoms with Crippen LogP contribution in [0.4, 0.5) is 4.39 Å². The van der Waals surface area contributed by atoms with Gasteiger partial charge < -0.3 is 19.7 Å². The van der Waals surface area contributed by atoms with E-state index in [4.69, 9.17) is 9.47 Å². The van der Waals surface area contributed by atoms with Gasteiger partial charge in [0.25, 0.3) is 0 Å². The predicted molar refractivity (Wildman–Crippen MR) is 121 cm³/mol. The number of amides is 2. The molecule has 6 nitrogen and oxygen atoms in total. The van der Waals surface area contributed by atoms with Crippen molar-refractivity contribution >= 4 is 11.8 Å². The Kier molecular flexibility index (Phi) is 6.88. The number of hydrogen-bond donors (Lipinski definition) is 1. The zero-order valence-corrected chi connectivity index (χ0v) is 18.3. The number of carbonyl (C=O) groups excluding carboxylic acids is 2. The maximum Gasteiger partial charge on any atom is 0.247 e. The molecule has 1 atom stereocenters. The first-order valence-corrected chi connectivity index (χ1v) is 10.8. The van der Waals surface area contributed by atoms with Gasteiger partial charge in [0.2, 0.25) is 18.6 Å². The third-order valence-electron chi connectivity index (χ3n) is 5.47. The van der Waals surface area contributed by atoms with Gasteiger partial charge in [0, 0.05) is 19.5 Å². The van der Waals surface area contributed by atoms with Gasteiger partial charge in [-0.25, -0.2) is 4.39 Å². The van der Waals surface area contributed by atoms with Crippen molar-refractivity contribution in [3.63, 3.8) is 0 Å². The number of nitrogens with zero attached hydrogens (tertiary/aromatic N) is 1. The summed E-state index contributed by atoms with van der Waals surface area (Å²) in [5, 5.41) is 2.95. The molecular weight excluding hydrogens is 423 g/mol. The molecule has 1 aliphatic heterocycles. The van der Waals surface area contributed by atoms with Crippen LogP contribution in [0.5, 0.6) is 11.5 Å². The first kappa shape index (κ1) is 22.3.